The quantitative estimate of drug-likeness (QED) is 0.568. The maximum Gasteiger partial charge on any atom is 0.416 e. The number of carbonyl (C=O) groups excluding carboxylic acids is 1. The molecule has 0 radical (unpaired) electrons. The highest BCUT2D eigenvalue weighted by Gasteiger charge is 2.32. The van der Waals surface area contributed by atoms with Crippen molar-refractivity contribution in [1.29, 1.82) is 0 Å². The lowest BCUT2D eigenvalue weighted by molar-refractivity contribution is -0.147. The molecule has 1 aromatic rings. The molecule has 0 saturated heterocycles. The Morgan fingerprint density at radius 1 is 1.38 bits per heavy atom. The number of halogens is 3. The molecular weight excluding hydrogens is 291 g/mol. The van der Waals surface area contributed by atoms with Gasteiger partial charge in [0.15, 0.2) is 0 Å². The third-order valence-electron chi connectivity index (χ3n) is 2.78. The molecule has 1 rings (SSSR count). The molecule has 0 aliphatic carbocycles. The zero-order valence-electron chi connectivity index (χ0n) is 11.2. The van der Waals surface area contributed by atoms with Gasteiger partial charge in [0.1, 0.15) is 6.10 Å². The predicted molar refractivity (Wildman–Crippen MR) is 68.1 cm³/mol. The lowest BCUT2D eigenvalue weighted by atomic mass is 9.98. The van der Waals surface area contributed by atoms with Gasteiger partial charge >= 0.3 is 12.1 Å². The van der Waals surface area contributed by atoms with Gasteiger partial charge in [0, 0.05) is 11.3 Å². The molecule has 2 unspecified atom stereocenters. The van der Waals surface area contributed by atoms with Crippen LogP contribution in [0.5, 0.6) is 0 Å². The summed E-state index contributed by atoms with van der Waals surface area (Å²) >= 11 is 0. The first-order valence-corrected chi connectivity index (χ1v) is 6.15. The zero-order chi connectivity index (χ0) is 16.2. The summed E-state index contributed by atoms with van der Waals surface area (Å²) in [6.07, 6.45) is -8.49. The maximum atomic E-state index is 12.6. The average molecular weight is 307 g/mol. The van der Waals surface area contributed by atoms with Crippen molar-refractivity contribution >= 4 is 11.7 Å². The second-order valence-corrected chi connectivity index (χ2v) is 4.36. The number of alkyl halides is 3. The van der Waals surface area contributed by atoms with E-state index in [4.69, 9.17) is 5.73 Å². The van der Waals surface area contributed by atoms with Crippen LogP contribution in [0.4, 0.5) is 18.9 Å². The van der Waals surface area contributed by atoms with Crippen LogP contribution in [-0.2, 0) is 15.7 Å². The minimum absolute atomic E-state index is 0.0906. The van der Waals surface area contributed by atoms with Crippen LogP contribution in [0.3, 0.4) is 0 Å². The van der Waals surface area contributed by atoms with Crippen LogP contribution in [0.15, 0.2) is 18.2 Å². The van der Waals surface area contributed by atoms with E-state index < -0.39 is 36.3 Å². The van der Waals surface area contributed by atoms with Crippen LogP contribution in [0.1, 0.15) is 30.6 Å². The number of hydrogen-bond donors (Lipinski definition) is 3. The molecule has 2 atom stereocenters. The molecule has 5 nitrogen and oxygen atoms in total. The number of ether oxygens (including phenoxy) is 1. The van der Waals surface area contributed by atoms with Crippen LogP contribution in [0.25, 0.3) is 0 Å². The van der Waals surface area contributed by atoms with E-state index in [1.165, 1.54) is 0 Å². The van der Waals surface area contributed by atoms with Crippen molar-refractivity contribution in [1.82, 2.24) is 0 Å². The lowest BCUT2D eigenvalue weighted by Crippen LogP contribution is -2.24. The highest BCUT2D eigenvalue weighted by Crippen LogP contribution is 2.34. The van der Waals surface area contributed by atoms with Gasteiger partial charge in [0.2, 0.25) is 0 Å². The van der Waals surface area contributed by atoms with Gasteiger partial charge in [-0.05, 0) is 25.1 Å². The molecule has 0 spiro atoms. The number of nitrogens with two attached hydrogens (primary N) is 1. The van der Waals surface area contributed by atoms with E-state index in [0.29, 0.717) is 6.07 Å². The van der Waals surface area contributed by atoms with Crippen molar-refractivity contribution in [2.45, 2.75) is 31.7 Å². The fourth-order valence-corrected chi connectivity index (χ4v) is 1.72. The van der Waals surface area contributed by atoms with Gasteiger partial charge in [-0.25, -0.2) is 0 Å². The third-order valence-corrected chi connectivity index (χ3v) is 2.78. The molecule has 0 heterocycles. The zero-order valence-corrected chi connectivity index (χ0v) is 11.2. The van der Waals surface area contributed by atoms with E-state index in [1.807, 2.05) is 0 Å². The smallest absolute Gasteiger partial charge is 0.416 e. The molecule has 1 aromatic carbocycles. The SMILES string of the molecule is CCOC(=O)CC(O)C(O)c1cc(C(F)(F)F)ccc1N. The van der Waals surface area contributed by atoms with Crippen LogP contribution >= 0.6 is 0 Å². The monoisotopic (exact) mass is 307 g/mol. The first-order valence-electron chi connectivity index (χ1n) is 6.15. The predicted octanol–water partition coefficient (Wildman–Crippen LogP) is 1.64. The Bertz CT molecular complexity index is 505. The Morgan fingerprint density at radius 3 is 2.52 bits per heavy atom. The van der Waals surface area contributed by atoms with Gasteiger partial charge in [0.25, 0.3) is 0 Å². The van der Waals surface area contributed by atoms with Gasteiger partial charge in [-0.1, -0.05) is 0 Å². The van der Waals surface area contributed by atoms with Gasteiger partial charge < -0.3 is 20.7 Å². The number of esters is 1. The molecule has 4 N–H and O–H groups in total. The number of benzene rings is 1. The van der Waals surface area contributed by atoms with Gasteiger partial charge in [-0.2, -0.15) is 13.2 Å². The Labute approximate surface area is 119 Å². The molecule has 0 bridgehead atoms. The molecular formula is C13H16F3NO4. The molecule has 118 valence electrons. The first kappa shape index (κ1) is 17.3. The Balaban J connectivity index is 2.95. The van der Waals surface area contributed by atoms with Crippen molar-refractivity contribution in [3.63, 3.8) is 0 Å². The number of aliphatic hydroxyl groups excluding tert-OH is 2. The van der Waals surface area contributed by atoms with E-state index in [-0.39, 0.29) is 17.9 Å². The summed E-state index contributed by atoms with van der Waals surface area (Å²) in [7, 11) is 0. The number of rotatable bonds is 5. The molecule has 0 aromatic heterocycles. The Hall–Kier alpha value is -1.80. The summed E-state index contributed by atoms with van der Waals surface area (Å²) in [6, 6.07) is 2.40. The normalized spacial score (nSPS) is 14.6. The fourth-order valence-electron chi connectivity index (χ4n) is 1.72. The summed E-state index contributed by atoms with van der Waals surface area (Å²) in [5.41, 5.74) is 4.10. The van der Waals surface area contributed by atoms with Crippen LogP contribution < -0.4 is 5.73 Å². The summed E-state index contributed by atoms with van der Waals surface area (Å²) in [5.74, 6) is -0.769. The van der Waals surface area contributed by atoms with E-state index in [2.05, 4.69) is 4.74 Å². The van der Waals surface area contributed by atoms with E-state index in [1.54, 1.807) is 6.92 Å². The third kappa shape index (κ3) is 4.61. The second kappa shape index (κ2) is 6.77. The number of hydrogen-bond acceptors (Lipinski definition) is 5. The Morgan fingerprint density at radius 2 is 2.00 bits per heavy atom. The molecule has 21 heavy (non-hydrogen) atoms. The number of nitrogen functional groups attached to an aromatic ring is 1. The molecule has 8 heteroatoms. The van der Waals surface area contributed by atoms with Crippen molar-refractivity contribution in [3.8, 4) is 0 Å². The standard InChI is InChI=1S/C13H16F3NO4/c1-2-21-11(19)6-10(18)12(20)8-5-7(13(14,15)16)3-4-9(8)17/h3-5,10,12,18,20H,2,6,17H2,1H3. The number of anilines is 1. The number of carbonyl (C=O) groups is 1. The van der Waals surface area contributed by atoms with Crippen molar-refractivity contribution in [2.75, 3.05) is 12.3 Å². The molecule has 0 fully saturated rings. The summed E-state index contributed by atoms with van der Waals surface area (Å²) in [4.78, 5) is 11.2. The minimum atomic E-state index is -4.60. The second-order valence-electron chi connectivity index (χ2n) is 4.36. The topological polar surface area (TPSA) is 92.8 Å². The van der Waals surface area contributed by atoms with Crippen LogP contribution in [0.2, 0.25) is 0 Å². The largest absolute Gasteiger partial charge is 0.466 e. The van der Waals surface area contributed by atoms with Gasteiger partial charge in [-0.3, -0.25) is 4.79 Å². The van der Waals surface area contributed by atoms with Gasteiger partial charge in [-0.15, -0.1) is 0 Å². The van der Waals surface area contributed by atoms with E-state index in [9.17, 15) is 28.2 Å². The first-order chi connectivity index (χ1) is 9.66. The summed E-state index contributed by atoms with van der Waals surface area (Å²) < 4.78 is 42.4. The van der Waals surface area contributed by atoms with Crippen LogP contribution in [-0.4, -0.2) is 28.9 Å². The minimum Gasteiger partial charge on any atom is -0.466 e. The van der Waals surface area contributed by atoms with Crippen molar-refractivity contribution in [3.05, 3.63) is 29.3 Å². The highest BCUT2D eigenvalue weighted by molar-refractivity contribution is 5.70. The van der Waals surface area contributed by atoms with Crippen molar-refractivity contribution < 1.29 is 32.9 Å². The maximum absolute atomic E-state index is 12.6. The van der Waals surface area contributed by atoms with E-state index in [0.717, 1.165) is 12.1 Å². The summed E-state index contributed by atoms with van der Waals surface area (Å²) in [5, 5.41) is 19.6. The molecule has 0 amide bonds. The molecule has 0 aliphatic heterocycles. The Kier molecular flexibility index (Phi) is 5.56. The summed E-state index contributed by atoms with van der Waals surface area (Å²) in [6.45, 7) is 1.65. The fraction of sp³-hybridized carbons (Fsp3) is 0.462. The van der Waals surface area contributed by atoms with E-state index >= 15 is 0 Å². The van der Waals surface area contributed by atoms with Gasteiger partial charge in [0.05, 0.1) is 24.7 Å². The van der Waals surface area contributed by atoms with Crippen LogP contribution in [0, 0.1) is 0 Å². The van der Waals surface area contributed by atoms with Crippen molar-refractivity contribution in [2.24, 2.45) is 0 Å². The molecule has 0 aliphatic rings. The lowest BCUT2D eigenvalue weighted by Gasteiger charge is -2.20. The average Bonchev–Trinajstić information content (AvgIpc) is 2.37. The molecule has 0 saturated carbocycles. The number of aliphatic hydroxyl groups is 2. The highest BCUT2D eigenvalue weighted by atomic mass is 19.4.